The van der Waals surface area contributed by atoms with Crippen molar-refractivity contribution in [2.24, 2.45) is 5.73 Å². The summed E-state index contributed by atoms with van der Waals surface area (Å²) in [7, 11) is 0. The molecule has 2 aromatic rings. The molecule has 2 N–H and O–H groups in total. The molecule has 0 saturated heterocycles. The fourth-order valence-corrected chi connectivity index (χ4v) is 2.51. The summed E-state index contributed by atoms with van der Waals surface area (Å²) in [5, 5.41) is 0.684. The lowest BCUT2D eigenvalue weighted by Gasteiger charge is -2.19. The molecule has 0 aliphatic heterocycles. The summed E-state index contributed by atoms with van der Waals surface area (Å²) in [6.07, 6.45) is 0.902. The van der Waals surface area contributed by atoms with Gasteiger partial charge in [0.25, 0.3) is 0 Å². The average Bonchev–Trinajstić information content (AvgIpc) is 2.53. The lowest BCUT2D eigenvalue weighted by atomic mass is 9.99. The van der Waals surface area contributed by atoms with Gasteiger partial charge < -0.3 is 10.5 Å². The summed E-state index contributed by atoms with van der Waals surface area (Å²) in [4.78, 5) is 0. The van der Waals surface area contributed by atoms with E-state index in [0.29, 0.717) is 17.5 Å². The molecule has 0 spiro atoms. The zero-order valence-corrected chi connectivity index (χ0v) is 13.3. The van der Waals surface area contributed by atoms with Crippen LogP contribution in [0, 0.1) is 0 Å². The first-order valence-electron chi connectivity index (χ1n) is 7.36. The fourth-order valence-electron chi connectivity index (χ4n) is 2.25. The van der Waals surface area contributed by atoms with Crippen molar-refractivity contribution < 1.29 is 4.74 Å². The Hall–Kier alpha value is -1.51. The van der Waals surface area contributed by atoms with E-state index in [9.17, 15) is 0 Å². The molecule has 0 aliphatic carbocycles. The van der Waals surface area contributed by atoms with Crippen molar-refractivity contribution in [3.8, 4) is 5.75 Å². The van der Waals surface area contributed by atoms with Gasteiger partial charge in [-0.3, -0.25) is 0 Å². The van der Waals surface area contributed by atoms with Gasteiger partial charge in [0.1, 0.15) is 11.9 Å². The van der Waals surface area contributed by atoms with Crippen molar-refractivity contribution >= 4 is 11.6 Å². The molecule has 0 saturated carbocycles. The van der Waals surface area contributed by atoms with Crippen LogP contribution in [0.15, 0.2) is 48.5 Å². The van der Waals surface area contributed by atoms with Crippen LogP contribution >= 0.6 is 11.6 Å². The minimum Gasteiger partial charge on any atom is -0.484 e. The molecule has 2 aromatic carbocycles. The predicted octanol–water partition coefficient (Wildman–Crippen LogP) is 4.93. The van der Waals surface area contributed by atoms with Crippen LogP contribution in [0.2, 0.25) is 5.02 Å². The molecule has 2 atom stereocenters. The van der Waals surface area contributed by atoms with Crippen LogP contribution in [-0.2, 0) is 0 Å². The van der Waals surface area contributed by atoms with Crippen molar-refractivity contribution in [2.75, 3.05) is 6.54 Å². The number of halogens is 1. The summed E-state index contributed by atoms with van der Waals surface area (Å²) >= 11 is 6.21. The fraction of sp³-hybridized carbons (Fsp3) is 0.333. The summed E-state index contributed by atoms with van der Waals surface area (Å²) in [5.74, 6) is 1.38. The molecule has 0 radical (unpaired) electrons. The maximum absolute atomic E-state index is 6.21. The largest absolute Gasteiger partial charge is 0.484 e. The maximum atomic E-state index is 6.21. The highest BCUT2D eigenvalue weighted by atomic mass is 35.5. The first-order valence-corrected chi connectivity index (χ1v) is 7.74. The normalized spacial score (nSPS) is 13.7. The number of hydrogen-bond donors (Lipinski definition) is 1. The van der Waals surface area contributed by atoms with Gasteiger partial charge in [-0.2, -0.15) is 0 Å². The molecule has 0 aromatic heterocycles. The monoisotopic (exact) mass is 303 g/mol. The first-order chi connectivity index (χ1) is 10.2. The highest BCUT2D eigenvalue weighted by Gasteiger charge is 2.14. The van der Waals surface area contributed by atoms with Gasteiger partial charge in [0, 0.05) is 17.1 Å². The van der Waals surface area contributed by atoms with E-state index < -0.39 is 0 Å². The molecule has 2 rings (SSSR count). The molecule has 2 nitrogen and oxygen atoms in total. The van der Waals surface area contributed by atoms with Crippen molar-refractivity contribution in [1.82, 2.24) is 0 Å². The quantitative estimate of drug-likeness (QED) is 0.821. The van der Waals surface area contributed by atoms with Crippen LogP contribution in [-0.4, -0.2) is 6.54 Å². The molecular formula is C18H22ClNO. The van der Waals surface area contributed by atoms with Crippen molar-refractivity contribution in [2.45, 2.75) is 32.3 Å². The molecule has 2 unspecified atom stereocenters. The van der Waals surface area contributed by atoms with Crippen LogP contribution < -0.4 is 10.5 Å². The van der Waals surface area contributed by atoms with E-state index >= 15 is 0 Å². The number of benzene rings is 2. The highest BCUT2D eigenvalue weighted by Crippen LogP contribution is 2.28. The Morgan fingerprint density at radius 1 is 1.10 bits per heavy atom. The SMILES string of the molecule is CCC(C)c1ccc(OC(CN)c2ccccc2Cl)cc1. The summed E-state index contributed by atoms with van der Waals surface area (Å²) in [6, 6.07) is 15.9. The summed E-state index contributed by atoms with van der Waals surface area (Å²) in [5.41, 5.74) is 8.09. The number of ether oxygens (including phenoxy) is 1. The van der Waals surface area contributed by atoms with Gasteiger partial charge in [-0.1, -0.05) is 55.8 Å². The smallest absolute Gasteiger partial charge is 0.137 e. The molecular weight excluding hydrogens is 282 g/mol. The summed E-state index contributed by atoms with van der Waals surface area (Å²) < 4.78 is 5.99. The number of hydrogen-bond acceptors (Lipinski definition) is 2. The van der Waals surface area contributed by atoms with Crippen molar-refractivity contribution in [3.05, 3.63) is 64.7 Å². The molecule has 3 heteroatoms. The van der Waals surface area contributed by atoms with E-state index in [2.05, 4.69) is 26.0 Å². The second-order valence-corrected chi connectivity index (χ2v) is 5.65. The van der Waals surface area contributed by atoms with Crippen LogP contribution in [0.5, 0.6) is 5.75 Å². The van der Waals surface area contributed by atoms with Gasteiger partial charge in [0.2, 0.25) is 0 Å². The van der Waals surface area contributed by atoms with Crippen molar-refractivity contribution in [1.29, 1.82) is 0 Å². The minimum atomic E-state index is -0.229. The Bertz CT molecular complexity index is 568. The molecule has 0 amide bonds. The third-order valence-corrected chi connectivity index (χ3v) is 4.15. The average molecular weight is 304 g/mol. The Kier molecular flexibility index (Phi) is 5.66. The summed E-state index contributed by atoms with van der Waals surface area (Å²) in [6.45, 7) is 4.80. The molecule has 0 fully saturated rings. The van der Waals surface area contributed by atoms with Gasteiger partial charge in [0.15, 0.2) is 0 Å². The van der Waals surface area contributed by atoms with Crippen LogP contribution in [0.4, 0.5) is 0 Å². The third-order valence-electron chi connectivity index (χ3n) is 3.81. The highest BCUT2D eigenvalue weighted by molar-refractivity contribution is 6.31. The topological polar surface area (TPSA) is 35.2 Å². The van der Waals surface area contributed by atoms with Crippen LogP contribution in [0.1, 0.15) is 43.4 Å². The van der Waals surface area contributed by atoms with Gasteiger partial charge in [-0.25, -0.2) is 0 Å². The number of nitrogens with two attached hydrogens (primary N) is 1. The Morgan fingerprint density at radius 2 is 1.76 bits per heavy atom. The molecule has 0 aliphatic rings. The minimum absolute atomic E-state index is 0.229. The Balaban J connectivity index is 2.14. The van der Waals surface area contributed by atoms with E-state index in [0.717, 1.165) is 17.7 Å². The molecule has 112 valence electrons. The van der Waals surface area contributed by atoms with Gasteiger partial charge in [0.05, 0.1) is 0 Å². The van der Waals surface area contributed by atoms with E-state index in [-0.39, 0.29) is 6.10 Å². The lowest BCUT2D eigenvalue weighted by Crippen LogP contribution is -2.18. The standard InChI is InChI=1S/C18H22ClNO/c1-3-13(2)14-8-10-15(11-9-14)21-18(12-20)16-6-4-5-7-17(16)19/h4-11,13,18H,3,12,20H2,1-2H3. The number of rotatable bonds is 6. The van der Waals surface area contributed by atoms with Gasteiger partial charge in [-0.05, 0) is 36.1 Å². The Labute approximate surface area is 131 Å². The first kappa shape index (κ1) is 15.9. The zero-order valence-electron chi connectivity index (χ0n) is 12.6. The molecule has 0 heterocycles. The molecule has 0 bridgehead atoms. The second kappa shape index (κ2) is 7.48. The Morgan fingerprint density at radius 3 is 2.33 bits per heavy atom. The van der Waals surface area contributed by atoms with E-state index in [1.165, 1.54) is 5.56 Å². The predicted molar refractivity (Wildman–Crippen MR) is 89.0 cm³/mol. The van der Waals surface area contributed by atoms with Crippen LogP contribution in [0.3, 0.4) is 0 Å². The second-order valence-electron chi connectivity index (χ2n) is 5.24. The maximum Gasteiger partial charge on any atom is 0.137 e. The lowest BCUT2D eigenvalue weighted by molar-refractivity contribution is 0.214. The van der Waals surface area contributed by atoms with Gasteiger partial charge in [-0.15, -0.1) is 0 Å². The third kappa shape index (κ3) is 3.99. The molecule has 21 heavy (non-hydrogen) atoms. The van der Waals surface area contributed by atoms with Crippen LogP contribution in [0.25, 0.3) is 0 Å². The van der Waals surface area contributed by atoms with Gasteiger partial charge >= 0.3 is 0 Å². The zero-order chi connectivity index (χ0) is 15.2. The van der Waals surface area contributed by atoms with E-state index in [1.54, 1.807) is 0 Å². The van der Waals surface area contributed by atoms with Crippen molar-refractivity contribution in [3.63, 3.8) is 0 Å². The van der Waals surface area contributed by atoms with E-state index in [1.807, 2.05) is 36.4 Å². The van der Waals surface area contributed by atoms with E-state index in [4.69, 9.17) is 22.1 Å².